The molecule has 1 aromatic carbocycles. The summed E-state index contributed by atoms with van der Waals surface area (Å²) in [6.45, 7) is 5.99. The minimum Gasteiger partial charge on any atom is -0.448 e. The fourth-order valence-electron chi connectivity index (χ4n) is 1.73. The van der Waals surface area contributed by atoms with Crippen molar-refractivity contribution in [2.24, 2.45) is 0 Å². The highest BCUT2D eigenvalue weighted by Gasteiger charge is 2.16. The molecule has 1 heterocycles. The van der Waals surface area contributed by atoms with Gasteiger partial charge >= 0.3 is 6.09 Å². The van der Waals surface area contributed by atoms with E-state index < -0.39 is 11.7 Å². The Morgan fingerprint density at radius 3 is 2.32 bits per heavy atom. The second kappa shape index (κ2) is 6.75. The molecule has 0 aliphatic heterocycles. The zero-order chi connectivity index (χ0) is 16.2. The Bertz CT molecular complexity index is 630. The molecule has 2 N–H and O–H groups in total. The maximum atomic E-state index is 11.7. The molecule has 0 saturated heterocycles. The second-order valence-electron chi connectivity index (χ2n) is 5.76. The summed E-state index contributed by atoms with van der Waals surface area (Å²) in [6.07, 6.45) is -0.474. The Kier molecular flexibility index (Phi) is 4.98. The van der Waals surface area contributed by atoms with Gasteiger partial charge in [0, 0.05) is 11.4 Å². The fourth-order valence-corrected chi connectivity index (χ4v) is 1.89. The molecule has 0 atom stereocenters. The van der Waals surface area contributed by atoms with E-state index in [2.05, 4.69) is 10.6 Å². The van der Waals surface area contributed by atoms with E-state index in [9.17, 15) is 4.79 Å². The highest BCUT2D eigenvalue weighted by atomic mass is 35.5. The van der Waals surface area contributed by atoms with E-state index in [1.54, 1.807) is 18.2 Å². The normalized spacial score (nSPS) is 11.1. The van der Waals surface area contributed by atoms with Crippen LogP contribution in [0.25, 0.3) is 0 Å². The molecule has 0 unspecified atom stereocenters. The summed E-state index contributed by atoms with van der Waals surface area (Å²) in [5, 5.41) is 6.24. The maximum Gasteiger partial charge on any atom is 0.412 e. The molecular formula is C16H19ClN2O3. The Labute approximate surface area is 134 Å². The molecule has 0 aliphatic carbocycles. The van der Waals surface area contributed by atoms with E-state index in [0.29, 0.717) is 17.5 Å². The molecule has 118 valence electrons. The first kappa shape index (κ1) is 16.2. The van der Waals surface area contributed by atoms with E-state index in [4.69, 9.17) is 20.8 Å². The second-order valence-corrected chi connectivity index (χ2v) is 6.14. The lowest BCUT2D eigenvalue weighted by molar-refractivity contribution is 0.0636. The summed E-state index contributed by atoms with van der Waals surface area (Å²) in [5.41, 5.74) is 1.05. The molecular weight excluding hydrogens is 304 g/mol. The molecule has 0 bridgehead atoms. The summed E-state index contributed by atoms with van der Waals surface area (Å²) < 4.78 is 10.4. The first-order chi connectivity index (χ1) is 10.3. The zero-order valence-electron chi connectivity index (χ0n) is 12.8. The number of hydrogen-bond donors (Lipinski definition) is 2. The molecule has 0 radical (unpaired) electrons. The lowest BCUT2D eigenvalue weighted by Crippen LogP contribution is -2.27. The van der Waals surface area contributed by atoms with Crippen LogP contribution in [0.3, 0.4) is 0 Å². The Morgan fingerprint density at radius 2 is 1.77 bits per heavy atom. The molecule has 2 aromatic rings. The van der Waals surface area contributed by atoms with Crippen molar-refractivity contribution in [3.05, 3.63) is 47.4 Å². The van der Waals surface area contributed by atoms with E-state index in [0.717, 1.165) is 11.4 Å². The average molecular weight is 323 g/mol. The Hall–Kier alpha value is -2.14. The number of halogens is 1. The minimum absolute atomic E-state index is 0.369. The van der Waals surface area contributed by atoms with Gasteiger partial charge in [0.15, 0.2) is 5.22 Å². The van der Waals surface area contributed by atoms with E-state index in [1.165, 1.54) is 0 Å². The van der Waals surface area contributed by atoms with Gasteiger partial charge in [0.2, 0.25) is 0 Å². The number of rotatable bonds is 4. The van der Waals surface area contributed by atoms with Crippen LogP contribution >= 0.6 is 11.6 Å². The van der Waals surface area contributed by atoms with Crippen LogP contribution < -0.4 is 10.6 Å². The number of hydrogen-bond acceptors (Lipinski definition) is 4. The van der Waals surface area contributed by atoms with Crippen LogP contribution in [0.15, 0.2) is 40.8 Å². The summed E-state index contributed by atoms with van der Waals surface area (Å²) in [6, 6.07) is 10.8. The molecule has 2 rings (SSSR count). The maximum absolute atomic E-state index is 11.7. The van der Waals surface area contributed by atoms with Crippen LogP contribution in [-0.4, -0.2) is 11.7 Å². The highest BCUT2D eigenvalue weighted by molar-refractivity contribution is 6.28. The van der Waals surface area contributed by atoms with Gasteiger partial charge in [-0.3, -0.25) is 5.32 Å². The van der Waals surface area contributed by atoms with Gasteiger partial charge in [-0.25, -0.2) is 4.79 Å². The van der Waals surface area contributed by atoms with Crippen LogP contribution in [0.4, 0.5) is 16.2 Å². The van der Waals surface area contributed by atoms with Gasteiger partial charge in [-0.2, -0.15) is 0 Å². The number of nitrogens with one attached hydrogen (secondary N) is 2. The van der Waals surface area contributed by atoms with Crippen molar-refractivity contribution in [3.8, 4) is 0 Å². The average Bonchev–Trinajstić information content (AvgIpc) is 2.81. The number of amides is 1. The van der Waals surface area contributed by atoms with Gasteiger partial charge in [-0.1, -0.05) is 0 Å². The molecule has 22 heavy (non-hydrogen) atoms. The third kappa shape index (κ3) is 5.33. The predicted octanol–water partition coefficient (Wildman–Crippen LogP) is 4.89. The van der Waals surface area contributed by atoms with Gasteiger partial charge in [0.25, 0.3) is 0 Å². The minimum atomic E-state index is -0.518. The number of ether oxygens (including phenoxy) is 1. The van der Waals surface area contributed by atoms with Crippen molar-refractivity contribution < 1.29 is 13.9 Å². The first-order valence-corrected chi connectivity index (χ1v) is 7.28. The molecule has 5 nitrogen and oxygen atoms in total. The molecule has 0 aliphatic rings. The number of furan rings is 1. The van der Waals surface area contributed by atoms with Gasteiger partial charge in [-0.05, 0) is 68.8 Å². The standard InChI is InChI=1S/C16H19ClN2O3/c1-16(2,3)22-15(20)19-12-6-4-11(5-7-12)18-10-13-8-9-14(17)21-13/h4-9,18H,10H2,1-3H3,(H,19,20). The van der Waals surface area contributed by atoms with Crippen LogP contribution in [0, 0.1) is 0 Å². The van der Waals surface area contributed by atoms with E-state index >= 15 is 0 Å². The first-order valence-electron chi connectivity index (χ1n) is 6.90. The number of benzene rings is 1. The molecule has 0 spiro atoms. The summed E-state index contributed by atoms with van der Waals surface area (Å²) in [4.78, 5) is 11.7. The van der Waals surface area contributed by atoms with Crippen molar-refractivity contribution in [3.63, 3.8) is 0 Å². The van der Waals surface area contributed by atoms with Crippen molar-refractivity contribution >= 4 is 29.1 Å². The Morgan fingerprint density at radius 1 is 1.14 bits per heavy atom. The van der Waals surface area contributed by atoms with Crippen molar-refractivity contribution in [2.45, 2.75) is 32.9 Å². The summed E-state index contributed by atoms with van der Waals surface area (Å²) >= 11 is 5.71. The number of carbonyl (C=O) groups is 1. The summed E-state index contributed by atoms with van der Waals surface area (Å²) in [7, 11) is 0. The fraction of sp³-hybridized carbons (Fsp3) is 0.312. The Balaban J connectivity index is 1.86. The summed E-state index contributed by atoms with van der Waals surface area (Å²) in [5.74, 6) is 0.751. The van der Waals surface area contributed by atoms with Crippen LogP contribution in [0.5, 0.6) is 0 Å². The number of carbonyl (C=O) groups excluding carboxylic acids is 1. The quantitative estimate of drug-likeness (QED) is 0.841. The van der Waals surface area contributed by atoms with Crippen LogP contribution in [0.1, 0.15) is 26.5 Å². The molecule has 0 fully saturated rings. The van der Waals surface area contributed by atoms with Gasteiger partial charge < -0.3 is 14.5 Å². The van der Waals surface area contributed by atoms with E-state index in [-0.39, 0.29) is 0 Å². The van der Waals surface area contributed by atoms with Crippen molar-refractivity contribution in [2.75, 3.05) is 10.6 Å². The predicted molar refractivity (Wildman–Crippen MR) is 87.3 cm³/mol. The molecule has 0 saturated carbocycles. The monoisotopic (exact) mass is 322 g/mol. The van der Waals surface area contributed by atoms with Crippen LogP contribution in [0.2, 0.25) is 5.22 Å². The molecule has 6 heteroatoms. The number of anilines is 2. The third-order valence-corrected chi connectivity index (χ3v) is 2.83. The topological polar surface area (TPSA) is 63.5 Å². The lowest BCUT2D eigenvalue weighted by atomic mass is 10.2. The van der Waals surface area contributed by atoms with Crippen molar-refractivity contribution in [1.82, 2.24) is 0 Å². The van der Waals surface area contributed by atoms with Crippen molar-refractivity contribution in [1.29, 1.82) is 0 Å². The lowest BCUT2D eigenvalue weighted by Gasteiger charge is -2.19. The smallest absolute Gasteiger partial charge is 0.412 e. The van der Waals surface area contributed by atoms with Gasteiger partial charge in [0.1, 0.15) is 11.4 Å². The van der Waals surface area contributed by atoms with Gasteiger partial charge in [0.05, 0.1) is 6.54 Å². The molecule has 1 aromatic heterocycles. The zero-order valence-corrected chi connectivity index (χ0v) is 13.5. The van der Waals surface area contributed by atoms with Crippen LogP contribution in [-0.2, 0) is 11.3 Å². The van der Waals surface area contributed by atoms with Gasteiger partial charge in [-0.15, -0.1) is 0 Å². The molecule has 1 amide bonds. The highest BCUT2D eigenvalue weighted by Crippen LogP contribution is 2.18. The largest absolute Gasteiger partial charge is 0.448 e. The van der Waals surface area contributed by atoms with E-state index in [1.807, 2.05) is 39.0 Å². The third-order valence-electron chi connectivity index (χ3n) is 2.63. The SMILES string of the molecule is CC(C)(C)OC(=O)Nc1ccc(NCc2ccc(Cl)o2)cc1.